The van der Waals surface area contributed by atoms with E-state index in [4.69, 9.17) is 10.5 Å². The second kappa shape index (κ2) is 5.40. The third kappa shape index (κ3) is 2.43. The van der Waals surface area contributed by atoms with E-state index in [2.05, 4.69) is 9.97 Å². The van der Waals surface area contributed by atoms with E-state index >= 15 is 0 Å². The first kappa shape index (κ1) is 14.5. The normalized spacial score (nSPS) is 14.0. The van der Waals surface area contributed by atoms with Gasteiger partial charge >= 0.3 is 0 Å². The molecule has 7 heteroatoms. The second-order valence-corrected chi connectivity index (χ2v) is 5.37. The van der Waals surface area contributed by atoms with Gasteiger partial charge in [0.05, 0.1) is 18.4 Å². The highest BCUT2D eigenvalue weighted by atomic mass is 19.1. The number of rotatable bonds is 2. The molecule has 1 aliphatic rings. The maximum Gasteiger partial charge on any atom is 0.220 e. The summed E-state index contributed by atoms with van der Waals surface area (Å²) in [6, 6.07) is 3.04. The van der Waals surface area contributed by atoms with Crippen molar-refractivity contribution in [2.75, 3.05) is 23.8 Å². The lowest BCUT2D eigenvalue weighted by atomic mass is 10.1. The summed E-state index contributed by atoms with van der Waals surface area (Å²) >= 11 is 0. The highest BCUT2D eigenvalue weighted by Crippen LogP contribution is 2.39. The van der Waals surface area contributed by atoms with Gasteiger partial charge < -0.3 is 15.4 Å². The molecule has 1 aliphatic heterocycles. The number of fused-ring (bicyclic) bond motifs is 1. The van der Waals surface area contributed by atoms with Gasteiger partial charge in [-0.3, -0.25) is 0 Å². The van der Waals surface area contributed by atoms with E-state index in [1.165, 1.54) is 6.07 Å². The summed E-state index contributed by atoms with van der Waals surface area (Å²) in [6.45, 7) is 5.06. The van der Waals surface area contributed by atoms with Crippen LogP contribution in [0.25, 0.3) is 11.3 Å². The summed E-state index contributed by atoms with van der Waals surface area (Å²) < 4.78 is 33.7. The van der Waals surface area contributed by atoms with Crippen molar-refractivity contribution in [3.63, 3.8) is 0 Å². The van der Waals surface area contributed by atoms with Crippen molar-refractivity contribution in [1.29, 1.82) is 0 Å². The molecule has 0 aliphatic carbocycles. The Labute approximate surface area is 126 Å². The minimum atomic E-state index is -0.652. The third-order valence-corrected chi connectivity index (χ3v) is 3.57. The van der Waals surface area contributed by atoms with E-state index in [1.54, 1.807) is 6.07 Å². The molecular weight excluding hydrogens is 290 g/mol. The van der Waals surface area contributed by atoms with Crippen molar-refractivity contribution in [2.24, 2.45) is 0 Å². The van der Waals surface area contributed by atoms with Gasteiger partial charge in [-0.05, 0) is 26.0 Å². The molecule has 0 saturated carbocycles. The number of hydrogen-bond acceptors (Lipinski definition) is 5. The zero-order valence-corrected chi connectivity index (χ0v) is 12.3. The highest BCUT2D eigenvalue weighted by molar-refractivity contribution is 5.72. The van der Waals surface area contributed by atoms with Crippen LogP contribution in [0, 0.1) is 11.6 Å². The zero-order chi connectivity index (χ0) is 15.9. The molecule has 22 heavy (non-hydrogen) atoms. The van der Waals surface area contributed by atoms with Crippen molar-refractivity contribution in [3.8, 4) is 17.0 Å². The van der Waals surface area contributed by atoms with Crippen molar-refractivity contribution in [3.05, 3.63) is 30.0 Å². The smallest absolute Gasteiger partial charge is 0.220 e. The molecule has 2 N–H and O–H groups in total. The number of nitrogens with two attached hydrogens (primary N) is 1. The minimum Gasteiger partial charge on any atom is -0.486 e. The number of ether oxygens (including phenoxy) is 1. The summed E-state index contributed by atoms with van der Waals surface area (Å²) in [5.41, 5.74) is 6.37. The summed E-state index contributed by atoms with van der Waals surface area (Å²) in [5.74, 6) is -1.08. The first-order valence-corrected chi connectivity index (χ1v) is 6.98. The molecule has 1 aromatic carbocycles. The Morgan fingerprint density at radius 1 is 1.27 bits per heavy atom. The van der Waals surface area contributed by atoms with Gasteiger partial charge in [0.15, 0.2) is 17.4 Å². The number of halogens is 2. The quantitative estimate of drug-likeness (QED) is 0.924. The standard InChI is InChI=1S/C15H16F2N4O/c1-8(2)21-3-4-22-14-10(16)5-9(6-12(14)21)13-11(17)7-19-15(18)20-13/h5-8H,3-4H2,1-2H3,(H2,18,19,20). The van der Waals surface area contributed by atoms with Gasteiger partial charge in [-0.2, -0.15) is 0 Å². The molecule has 3 rings (SSSR count). The Morgan fingerprint density at radius 2 is 2.05 bits per heavy atom. The Balaban J connectivity index is 2.17. The summed E-state index contributed by atoms with van der Waals surface area (Å²) in [4.78, 5) is 9.46. The zero-order valence-electron chi connectivity index (χ0n) is 12.3. The van der Waals surface area contributed by atoms with Crippen LogP contribution in [0.15, 0.2) is 18.3 Å². The van der Waals surface area contributed by atoms with Crippen LogP contribution in [0.2, 0.25) is 0 Å². The number of hydrogen-bond donors (Lipinski definition) is 1. The number of nitrogen functional groups attached to an aromatic ring is 1. The van der Waals surface area contributed by atoms with Crippen LogP contribution in [0.5, 0.6) is 5.75 Å². The Hall–Kier alpha value is -2.44. The summed E-state index contributed by atoms with van der Waals surface area (Å²) in [5, 5.41) is 0. The van der Waals surface area contributed by atoms with E-state index in [9.17, 15) is 8.78 Å². The van der Waals surface area contributed by atoms with Crippen LogP contribution in [0.3, 0.4) is 0 Å². The second-order valence-electron chi connectivity index (χ2n) is 5.37. The van der Waals surface area contributed by atoms with Gasteiger partial charge in [0.1, 0.15) is 12.3 Å². The van der Waals surface area contributed by atoms with E-state index in [-0.39, 0.29) is 23.4 Å². The van der Waals surface area contributed by atoms with Crippen LogP contribution < -0.4 is 15.4 Å². The van der Waals surface area contributed by atoms with Crippen molar-refractivity contribution >= 4 is 11.6 Å². The van der Waals surface area contributed by atoms with Gasteiger partial charge in [-0.25, -0.2) is 18.7 Å². The number of benzene rings is 1. The monoisotopic (exact) mass is 306 g/mol. The third-order valence-electron chi connectivity index (χ3n) is 3.57. The van der Waals surface area contributed by atoms with Crippen LogP contribution in [-0.4, -0.2) is 29.2 Å². The van der Waals surface area contributed by atoms with Gasteiger partial charge in [-0.15, -0.1) is 0 Å². The van der Waals surface area contributed by atoms with E-state index in [0.29, 0.717) is 24.4 Å². The predicted octanol–water partition coefficient (Wildman–Crippen LogP) is 2.61. The molecule has 0 bridgehead atoms. The molecular formula is C15H16F2N4O. The number of aromatic nitrogens is 2. The number of nitrogens with zero attached hydrogens (tertiary/aromatic N) is 3. The van der Waals surface area contributed by atoms with Crippen molar-refractivity contribution in [1.82, 2.24) is 9.97 Å². The maximum atomic E-state index is 14.3. The van der Waals surface area contributed by atoms with Gasteiger partial charge in [0.2, 0.25) is 5.95 Å². The highest BCUT2D eigenvalue weighted by Gasteiger charge is 2.25. The van der Waals surface area contributed by atoms with Crippen LogP contribution in [0.1, 0.15) is 13.8 Å². The molecule has 0 spiro atoms. The van der Waals surface area contributed by atoms with Crippen molar-refractivity contribution < 1.29 is 13.5 Å². The molecule has 0 unspecified atom stereocenters. The first-order chi connectivity index (χ1) is 10.5. The van der Waals surface area contributed by atoms with E-state index in [0.717, 1.165) is 6.20 Å². The minimum absolute atomic E-state index is 0.0246. The lowest BCUT2D eigenvalue weighted by Crippen LogP contribution is -2.38. The fraction of sp³-hybridized carbons (Fsp3) is 0.333. The fourth-order valence-electron chi connectivity index (χ4n) is 2.56. The molecule has 0 saturated heterocycles. The molecule has 1 aromatic heterocycles. The van der Waals surface area contributed by atoms with E-state index < -0.39 is 11.6 Å². The number of anilines is 2. The largest absolute Gasteiger partial charge is 0.486 e. The fourth-order valence-corrected chi connectivity index (χ4v) is 2.56. The topological polar surface area (TPSA) is 64.3 Å². The summed E-state index contributed by atoms with van der Waals surface area (Å²) in [6.07, 6.45) is 0.978. The van der Waals surface area contributed by atoms with Crippen LogP contribution in [-0.2, 0) is 0 Å². The first-order valence-electron chi connectivity index (χ1n) is 6.98. The predicted molar refractivity (Wildman–Crippen MR) is 79.8 cm³/mol. The molecule has 0 amide bonds. The van der Waals surface area contributed by atoms with Gasteiger partial charge in [0, 0.05) is 11.6 Å². The van der Waals surface area contributed by atoms with Crippen LogP contribution >= 0.6 is 0 Å². The molecule has 0 radical (unpaired) electrons. The Kier molecular flexibility index (Phi) is 3.56. The van der Waals surface area contributed by atoms with Gasteiger partial charge in [0.25, 0.3) is 0 Å². The SMILES string of the molecule is CC(C)N1CCOc2c(F)cc(-c3nc(N)ncc3F)cc21. The van der Waals surface area contributed by atoms with Crippen LogP contribution in [0.4, 0.5) is 20.4 Å². The van der Waals surface area contributed by atoms with Gasteiger partial charge in [-0.1, -0.05) is 0 Å². The molecule has 2 aromatic rings. The van der Waals surface area contributed by atoms with Crippen molar-refractivity contribution in [2.45, 2.75) is 19.9 Å². The molecule has 116 valence electrons. The summed E-state index contributed by atoms with van der Waals surface area (Å²) in [7, 11) is 0. The lowest BCUT2D eigenvalue weighted by Gasteiger charge is -2.34. The lowest BCUT2D eigenvalue weighted by molar-refractivity contribution is 0.287. The average molecular weight is 306 g/mol. The maximum absolute atomic E-state index is 14.3. The molecule has 2 heterocycles. The average Bonchev–Trinajstić information content (AvgIpc) is 2.49. The molecule has 5 nitrogen and oxygen atoms in total. The Morgan fingerprint density at radius 3 is 2.77 bits per heavy atom. The molecule has 0 atom stereocenters. The van der Waals surface area contributed by atoms with E-state index in [1.807, 2.05) is 18.7 Å². The Bertz CT molecular complexity index is 721. The molecule has 0 fully saturated rings.